The number of carbonyl (C=O) groups excluding carboxylic acids is 1. The lowest BCUT2D eigenvalue weighted by atomic mass is 10.1. The van der Waals surface area contributed by atoms with Gasteiger partial charge in [0.15, 0.2) is 0 Å². The number of aromatic nitrogens is 1. The summed E-state index contributed by atoms with van der Waals surface area (Å²) in [5, 5.41) is 12.2. The van der Waals surface area contributed by atoms with Crippen LogP contribution in [0.15, 0.2) is 60.0 Å². The summed E-state index contributed by atoms with van der Waals surface area (Å²) < 4.78 is 0. The Morgan fingerprint density at radius 2 is 1.75 bits per heavy atom. The number of hydrogen-bond donors (Lipinski definition) is 0. The van der Waals surface area contributed by atoms with Gasteiger partial charge < -0.3 is 4.90 Å². The van der Waals surface area contributed by atoms with Gasteiger partial charge in [-0.15, -0.1) is 11.3 Å². The molecule has 0 aliphatic carbocycles. The van der Waals surface area contributed by atoms with E-state index in [0.717, 1.165) is 62.1 Å². The second-order valence-corrected chi connectivity index (χ2v) is 9.13. The molecular formula is C25H25N5OS. The van der Waals surface area contributed by atoms with Crippen LogP contribution in [0.3, 0.4) is 0 Å². The molecule has 0 spiro atoms. The summed E-state index contributed by atoms with van der Waals surface area (Å²) in [6.07, 6.45) is 0.853. The van der Waals surface area contributed by atoms with Gasteiger partial charge in [-0.2, -0.15) is 5.26 Å². The number of nitriles is 1. The van der Waals surface area contributed by atoms with Gasteiger partial charge in [-0.3, -0.25) is 14.6 Å². The number of nitrogens with zero attached hydrogens (tertiary/aromatic N) is 5. The van der Waals surface area contributed by atoms with Crippen LogP contribution in [0.1, 0.15) is 17.7 Å². The Kier molecular flexibility index (Phi) is 5.99. The van der Waals surface area contributed by atoms with Gasteiger partial charge >= 0.3 is 0 Å². The fraction of sp³-hybridized carbons (Fsp3) is 0.320. The van der Waals surface area contributed by atoms with Crippen LogP contribution in [0.5, 0.6) is 0 Å². The van der Waals surface area contributed by atoms with Crippen molar-refractivity contribution >= 4 is 22.9 Å². The summed E-state index contributed by atoms with van der Waals surface area (Å²) in [7, 11) is 0. The molecule has 5 rings (SSSR count). The zero-order chi connectivity index (χ0) is 21.9. The van der Waals surface area contributed by atoms with Gasteiger partial charge in [0.25, 0.3) is 0 Å². The van der Waals surface area contributed by atoms with E-state index >= 15 is 0 Å². The number of piperazine rings is 1. The average Bonchev–Trinajstić information content (AvgIpc) is 3.47. The Hall–Kier alpha value is -3.05. The quantitative estimate of drug-likeness (QED) is 0.603. The maximum atomic E-state index is 13.1. The van der Waals surface area contributed by atoms with Crippen molar-refractivity contribution in [2.24, 2.45) is 0 Å². The van der Waals surface area contributed by atoms with Gasteiger partial charge in [0, 0.05) is 55.9 Å². The molecule has 2 aromatic carbocycles. The summed E-state index contributed by atoms with van der Waals surface area (Å²) in [5.41, 5.74) is 3.78. The third-order valence-electron chi connectivity index (χ3n) is 6.29. The Morgan fingerprint density at radius 1 is 1.00 bits per heavy atom. The second-order valence-electron chi connectivity index (χ2n) is 8.28. The lowest BCUT2D eigenvalue weighted by Crippen LogP contribution is -2.52. The third-order valence-corrected chi connectivity index (χ3v) is 7.23. The standard InChI is InChI=1S/C25H25N5OS/c26-16-19-6-8-22(9-7-19)30-11-10-23(25(30)31)29-14-12-28(13-15-29)17-21-18-32-24(27-21)20-4-2-1-3-5-20/h1-9,18,23H,10-15,17H2. The maximum Gasteiger partial charge on any atom is 0.244 e. The number of thiazole rings is 1. The summed E-state index contributed by atoms with van der Waals surface area (Å²) in [6, 6.07) is 19.7. The van der Waals surface area contributed by atoms with Crippen molar-refractivity contribution in [2.75, 3.05) is 37.6 Å². The van der Waals surface area contributed by atoms with Crippen molar-refractivity contribution in [3.63, 3.8) is 0 Å². The van der Waals surface area contributed by atoms with Crippen LogP contribution in [0, 0.1) is 11.3 Å². The van der Waals surface area contributed by atoms with Gasteiger partial charge in [0.1, 0.15) is 5.01 Å². The molecule has 2 saturated heterocycles. The molecular weight excluding hydrogens is 418 g/mol. The molecule has 2 aliphatic rings. The van der Waals surface area contributed by atoms with Crippen LogP contribution >= 0.6 is 11.3 Å². The highest BCUT2D eigenvalue weighted by Gasteiger charge is 2.37. The summed E-state index contributed by atoms with van der Waals surface area (Å²) in [4.78, 5) is 24.5. The van der Waals surface area contributed by atoms with Crippen molar-refractivity contribution in [1.29, 1.82) is 5.26 Å². The molecule has 1 aromatic heterocycles. The largest absolute Gasteiger partial charge is 0.311 e. The maximum absolute atomic E-state index is 13.1. The highest BCUT2D eigenvalue weighted by molar-refractivity contribution is 7.13. The minimum Gasteiger partial charge on any atom is -0.311 e. The van der Waals surface area contributed by atoms with E-state index in [1.807, 2.05) is 35.2 Å². The Balaban J connectivity index is 1.15. The van der Waals surface area contributed by atoms with Crippen LogP contribution in [0.25, 0.3) is 10.6 Å². The molecule has 162 valence electrons. The average molecular weight is 444 g/mol. The summed E-state index contributed by atoms with van der Waals surface area (Å²) in [6.45, 7) is 5.27. The van der Waals surface area contributed by atoms with Gasteiger partial charge in [-0.25, -0.2) is 4.98 Å². The van der Waals surface area contributed by atoms with E-state index in [9.17, 15) is 4.79 Å². The first-order chi connectivity index (χ1) is 15.7. The molecule has 3 heterocycles. The van der Waals surface area contributed by atoms with Gasteiger partial charge in [0.05, 0.1) is 23.4 Å². The van der Waals surface area contributed by atoms with E-state index in [-0.39, 0.29) is 11.9 Å². The number of rotatable bonds is 5. The molecule has 0 saturated carbocycles. The highest BCUT2D eigenvalue weighted by atomic mass is 32.1. The van der Waals surface area contributed by atoms with E-state index in [1.54, 1.807) is 23.5 Å². The molecule has 1 unspecified atom stereocenters. The van der Waals surface area contributed by atoms with Crippen molar-refractivity contribution in [1.82, 2.24) is 14.8 Å². The van der Waals surface area contributed by atoms with Crippen LogP contribution in [-0.4, -0.2) is 59.5 Å². The Labute approximate surface area is 192 Å². The normalized spacial score (nSPS) is 19.9. The smallest absolute Gasteiger partial charge is 0.244 e. The van der Waals surface area contributed by atoms with Gasteiger partial charge in [-0.05, 0) is 30.7 Å². The molecule has 7 heteroatoms. The first-order valence-corrected chi connectivity index (χ1v) is 11.9. The highest BCUT2D eigenvalue weighted by Crippen LogP contribution is 2.27. The number of amides is 1. The first-order valence-electron chi connectivity index (χ1n) is 11.0. The number of anilines is 1. The number of hydrogen-bond acceptors (Lipinski definition) is 6. The van der Waals surface area contributed by atoms with Crippen molar-refractivity contribution < 1.29 is 4.79 Å². The molecule has 0 bridgehead atoms. The van der Waals surface area contributed by atoms with Crippen LogP contribution in [0.2, 0.25) is 0 Å². The first kappa shape index (κ1) is 20.8. The van der Waals surface area contributed by atoms with E-state index in [0.29, 0.717) is 5.56 Å². The monoisotopic (exact) mass is 443 g/mol. The molecule has 0 N–H and O–H groups in total. The van der Waals surface area contributed by atoms with E-state index < -0.39 is 0 Å². The predicted molar refractivity (Wildman–Crippen MR) is 126 cm³/mol. The minimum absolute atomic E-state index is 0.0447. The third kappa shape index (κ3) is 4.30. The predicted octanol–water partition coefficient (Wildman–Crippen LogP) is 3.60. The van der Waals surface area contributed by atoms with Crippen molar-refractivity contribution in [3.8, 4) is 16.6 Å². The molecule has 0 radical (unpaired) electrons. The Morgan fingerprint density at radius 3 is 2.47 bits per heavy atom. The van der Waals surface area contributed by atoms with E-state index in [1.165, 1.54) is 5.56 Å². The van der Waals surface area contributed by atoms with Gasteiger partial charge in [-0.1, -0.05) is 30.3 Å². The fourth-order valence-corrected chi connectivity index (χ4v) is 5.35. The van der Waals surface area contributed by atoms with Crippen molar-refractivity contribution in [3.05, 3.63) is 71.2 Å². The molecule has 1 amide bonds. The molecule has 3 aromatic rings. The van der Waals surface area contributed by atoms with Crippen LogP contribution in [0.4, 0.5) is 5.69 Å². The molecule has 1 atom stereocenters. The van der Waals surface area contributed by atoms with Crippen molar-refractivity contribution in [2.45, 2.75) is 19.0 Å². The Bertz CT molecular complexity index is 1110. The molecule has 6 nitrogen and oxygen atoms in total. The number of benzene rings is 2. The van der Waals surface area contributed by atoms with E-state index in [2.05, 4.69) is 33.4 Å². The number of carbonyl (C=O) groups is 1. The summed E-state index contributed by atoms with van der Waals surface area (Å²) in [5.74, 6) is 0.176. The SMILES string of the molecule is N#Cc1ccc(N2CCC(N3CCN(Cc4csc(-c5ccccc5)n4)CC3)C2=O)cc1. The topological polar surface area (TPSA) is 63.5 Å². The lowest BCUT2D eigenvalue weighted by Gasteiger charge is -2.37. The zero-order valence-corrected chi connectivity index (χ0v) is 18.7. The minimum atomic E-state index is -0.0447. The molecule has 32 heavy (non-hydrogen) atoms. The van der Waals surface area contributed by atoms with Crippen LogP contribution < -0.4 is 4.90 Å². The second kappa shape index (κ2) is 9.21. The lowest BCUT2D eigenvalue weighted by molar-refractivity contribution is -0.122. The zero-order valence-electron chi connectivity index (χ0n) is 17.9. The molecule has 2 aliphatic heterocycles. The van der Waals surface area contributed by atoms with E-state index in [4.69, 9.17) is 10.2 Å². The van der Waals surface area contributed by atoms with Crippen LogP contribution in [-0.2, 0) is 11.3 Å². The fourth-order valence-electron chi connectivity index (χ4n) is 4.53. The van der Waals surface area contributed by atoms with Gasteiger partial charge in [0.2, 0.25) is 5.91 Å². The molecule has 2 fully saturated rings. The summed E-state index contributed by atoms with van der Waals surface area (Å²) >= 11 is 1.70.